The van der Waals surface area contributed by atoms with Gasteiger partial charge >= 0.3 is 0 Å². The smallest absolute Gasteiger partial charge is 0.191 e. The molecule has 0 atom stereocenters. The lowest BCUT2D eigenvalue weighted by Gasteiger charge is -2.26. The van der Waals surface area contributed by atoms with Crippen LogP contribution in [0.5, 0.6) is 0 Å². The number of hydrogen-bond donors (Lipinski definition) is 2. The lowest BCUT2D eigenvalue weighted by molar-refractivity contribution is 0.0377. The van der Waals surface area contributed by atoms with Gasteiger partial charge in [0.2, 0.25) is 0 Å². The van der Waals surface area contributed by atoms with Gasteiger partial charge in [0.05, 0.1) is 19.5 Å². The summed E-state index contributed by atoms with van der Waals surface area (Å²) in [7, 11) is 0. The van der Waals surface area contributed by atoms with Crippen molar-refractivity contribution >= 4 is 5.96 Å². The van der Waals surface area contributed by atoms with Crippen molar-refractivity contribution in [1.29, 1.82) is 0 Å². The molecular weight excluding hydrogens is 280 g/mol. The molecule has 6 heteroatoms. The molecule has 2 rings (SSSR count). The normalized spacial score (nSPS) is 16.7. The van der Waals surface area contributed by atoms with Crippen LogP contribution in [0.25, 0.3) is 0 Å². The zero-order valence-electron chi connectivity index (χ0n) is 13.5. The van der Waals surface area contributed by atoms with Crippen molar-refractivity contribution < 1.29 is 9.15 Å². The third-order valence-electron chi connectivity index (χ3n) is 3.59. The van der Waals surface area contributed by atoms with Crippen LogP contribution in [0.3, 0.4) is 0 Å². The van der Waals surface area contributed by atoms with E-state index in [-0.39, 0.29) is 0 Å². The number of ether oxygens (including phenoxy) is 1. The molecule has 6 nitrogen and oxygen atoms in total. The van der Waals surface area contributed by atoms with Crippen LogP contribution in [0.1, 0.15) is 19.1 Å². The second-order valence-corrected chi connectivity index (χ2v) is 5.32. The van der Waals surface area contributed by atoms with E-state index in [2.05, 4.69) is 27.4 Å². The molecule has 124 valence electrons. The van der Waals surface area contributed by atoms with Crippen LogP contribution in [-0.2, 0) is 11.2 Å². The van der Waals surface area contributed by atoms with Crippen LogP contribution < -0.4 is 10.6 Å². The van der Waals surface area contributed by atoms with Gasteiger partial charge in [0.15, 0.2) is 5.96 Å². The highest BCUT2D eigenvalue weighted by Gasteiger charge is 2.09. The van der Waals surface area contributed by atoms with Crippen LogP contribution in [-0.4, -0.2) is 63.3 Å². The van der Waals surface area contributed by atoms with E-state index in [0.717, 1.165) is 77.0 Å². The molecule has 2 heterocycles. The van der Waals surface area contributed by atoms with E-state index in [4.69, 9.17) is 9.15 Å². The van der Waals surface area contributed by atoms with Crippen LogP contribution in [0, 0.1) is 0 Å². The van der Waals surface area contributed by atoms with Gasteiger partial charge in [-0.05, 0) is 25.5 Å². The summed E-state index contributed by atoms with van der Waals surface area (Å²) in [5.74, 6) is 1.88. The van der Waals surface area contributed by atoms with Gasteiger partial charge in [-0.25, -0.2) is 0 Å². The maximum absolute atomic E-state index is 5.35. The summed E-state index contributed by atoms with van der Waals surface area (Å²) < 4.78 is 10.7. The van der Waals surface area contributed by atoms with E-state index in [0.29, 0.717) is 0 Å². The fourth-order valence-corrected chi connectivity index (χ4v) is 2.41. The molecule has 1 aliphatic heterocycles. The number of nitrogens with zero attached hydrogens (tertiary/aromatic N) is 2. The zero-order chi connectivity index (χ0) is 15.5. The Morgan fingerprint density at radius 2 is 2.18 bits per heavy atom. The second kappa shape index (κ2) is 10.2. The van der Waals surface area contributed by atoms with E-state index < -0.39 is 0 Å². The Kier molecular flexibility index (Phi) is 7.83. The number of furan rings is 1. The molecule has 0 unspecified atom stereocenters. The molecule has 0 radical (unpaired) electrons. The van der Waals surface area contributed by atoms with Crippen LogP contribution in [0.15, 0.2) is 27.8 Å². The van der Waals surface area contributed by atoms with Gasteiger partial charge in [-0.1, -0.05) is 0 Å². The lowest BCUT2D eigenvalue weighted by Crippen LogP contribution is -2.39. The average molecular weight is 308 g/mol. The fraction of sp³-hybridized carbons (Fsp3) is 0.688. The third-order valence-corrected chi connectivity index (χ3v) is 3.59. The first-order chi connectivity index (χ1) is 10.9. The van der Waals surface area contributed by atoms with Crippen LogP contribution in [0.4, 0.5) is 0 Å². The predicted octanol–water partition coefficient (Wildman–Crippen LogP) is 1.10. The van der Waals surface area contributed by atoms with Crippen molar-refractivity contribution in [2.24, 2.45) is 4.99 Å². The maximum atomic E-state index is 5.35. The van der Waals surface area contributed by atoms with Crippen molar-refractivity contribution in [3.8, 4) is 0 Å². The quantitative estimate of drug-likeness (QED) is 0.428. The van der Waals surface area contributed by atoms with Crippen molar-refractivity contribution in [2.75, 3.05) is 52.5 Å². The number of hydrogen-bond acceptors (Lipinski definition) is 4. The molecular formula is C16H28N4O2. The van der Waals surface area contributed by atoms with Crippen LogP contribution >= 0.6 is 0 Å². The fourth-order valence-electron chi connectivity index (χ4n) is 2.41. The Labute approximate surface area is 132 Å². The number of morpholine rings is 1. The molecule has 0 aliphatic carbocycles. The van der Waals surface area contributed by atoms with Gasteiger partial charge in [0, 0.05) is 45.7 Å². The Bertz CT molecular complexity index is 414. The van der Waals surface area contributed by atoms with Gasteiger partial charge < -0.3 is 19.8 Å². The second-order valence-electron chi connectivity index (χ2n) is 5.32. The van der Waals surface area contributed by atoms with E-state index in [1.807, 2.05) is 12.1 Å². The SMILES string of the molecule is CCNC(=NCCCN1CCOCC1)NCCc1ccco1. The Balaban J connectivity index is 1.62. The molecule has 1 aromatic rings. The summed E-state index contributed by atoms with van der Waals surface area (Å²) in [6, 6.07) is 3.91. The lowest BCUT2D eigenvalue weighted by atomic mass is 10.3. The highest BCUT2D eigenvalue weighted by Crippen LogP contribution is 2.00. The summed E-state index contributed by atoms with van der Waals surface area (Å²) in [6.45, 7) is 9.53. The summed E-state index contributed by atoms with van der Waals surface area (Å²) in [5, 5.41) is 6.62. The first-order valence-electron chi connectivity index (χ1n) is 8.23. The third kappa shape index (κ3) is 6.49. The molecule has 1 fully saturated rings. The number of rotatable bonds is 8. The van der Waals surface area contributed by atoms with E-state index in [1.165, 1.54) is 0 Å². The van der Waals surface area contributed by atoms with E-state index in [1.54, 1.807) is 6.26 Å². The van der Waals surface area contributed by atoms with E-state index in [9.17, 15) is 0 Å². The summed E-state index contributed by atoms with van der Waals surface area (Å²) in [5.41, 5.74) is 0. The van der Waals surface area contributed by atoms with Gasteiger partial charge in [-0.15, -0.1) is 0 Å². The van der Waals surface area contributed by atoms with E-state index >= 15 is 0 Å². The number of aliphatic imine (C=N–C) groups is 1. The van der Waals surface area contributed by atoms with Crippen LogP contribution in [0.2, 0.25) is 0 Å². The van der Waals surface area contributed by atoms with Gasteiger partial charge in [0.1, 0.15) is 5.76 Å². The molecule has 1 saturated heterocycles. The predicted molar refractivity (Wildman–Crippen MR) is 88.3 cm³/mol. The number of guanidine groups is 1. The summed E-state index contributed by atoms with van der Waals surface area (Å²) in [4.78, 5) is 7.06. The topological polar surface area (TPSA) is 62.0 Å². The first kappa shape index (κ1) is 16.8. The molecule has 1 aliphatic rings. The van der Waals surface area contributed by atoms with Crippen molar-refractivity contribution in [3.05, 3.63) is 24.2 Å². The zero-order valence-corrected chi connectivity index (χ0v) is 13.5. The highest BCUT2D eigenvalue weighted by molar-refractivity contribution is 5.79. The minimum absolute atomic E-state index is 0.822. The number of nitrogens with one attached hydrogen (secondary N) is 2. The van der Waals surface area contributed by atoms with Crippen molar-refractivity contribution in [1.82, 2.24) is 15.5 Å². The van der Waals surface area contributed by atoms with Gasteiger partial charge in [-0.2, -0.15) is 0 Å². The Morgan fingerprint density at radius 1 is 1.32 bits per heavy atom. The first-order valence-corrected chi connectivity index (χ1v) is 8.23. The monoisotopic (exact) mass is 308 g/mol. The molecule has 0 saturated carbocycles. The molecule has 22 heavy (non-hydrogen) atoms. The summed E-state index contributed by atoms with van der Waals surface area (Å²) >= 11 is 0. The molecule has 0 amide bonds. The largest absolute Gasteiger partial charge is 0.469 e. The highest BCUT2D eigenvalue weighted by atomic mass is 16.5. The average Bonchev–Trinajstić information content (AvgIpc) is 3.06. The minimum Gasteiger partial charge on any atom is -0.469 e. The Morgan fingerprint density at radius 3 is 2.91 bits per heavy atom. The van der Waals surface area contributed by atoms with Crippen molar-refractivity contribution in [3.63, 3.8) is 0 Å². The van der Waals surface area contributed by atoms with Gasteiger partial charge in [0.25, 0.3) is 0 Å². The maximum Gasteiger partial charge on any atom is 0.191 e. The molecule has 2 N–H and O–H groups in total. The minimum atomic E-state index is 0.822. The standard InChI is InChI=1S/C16H28N4O2/c1-2-17-16(19-8-6-15-5-3-12-22-15)18-7-4-9-20-10-13-21-14-11-20/h3,5,12H,2,4,6-11,13-14H2,1H3,(H2,17,18,19). The molecule has 0 bridgehead atoms. The molecule has 1 aromatic heterocycles. The molecule has 0 spiro atoms. The summed E-state index contributed by atoms with van der Waals surface area (Å²) in [6.07, 6.45) is 3.65. The Hall–Kier alpha value is -1.53. The molecule has 0 aromatic carbocycles. The van der Waals surface area contributed by atoms with Crippen molar-refractivity contribution in [2.45, 2.75) is 19.8 Å². The van der Waals surface area contributed by atoms with Gasteiger partial charge in [-0.3, -0.25) is 9.89 Å².